The lowest BCUT2D eigenvalue weighted by molar-refractivity contribution is 0.829. The molecule has 1 aromatic carbocycles. The zero-order chi connectivity index (χ0) is 16.7. The molecule has 0 fully saturated rings. The molecule has 0 spiro atoms. The Bertz CT molecular complexity index is 646. The first-order chi connectivity index (χ1) is 11.1. The van der Waals surface area contributed by atoms with E-state index in [0.29, 0.717) is 22.5 Å². The molecule has 2 N–H and O–H groups in total. The average molecular weight is 353 g/mol. The number of hydrogen-bond donors (Lipinski definition) is 2. The van der Waals surface area contributed by atoms with E-state index < -0.39 is 0 Å². The molecule has 0 radical (unpaired) electrons. The van der Waals surface area contributed by atoms with E-state index >= 15 is 0 Å². The van der Waals surface area contributed by atoms with Gasteiger partial charge in [-0.05, 0) is 37.5 Å². The molecule has 0 saturated carbocycles. The minimum absolute atomic E-state index is 0.633. The fraction of sp³-hybridized carbons (Fsp3) is 0.412. The van der Waals surface area contributed by atoms with Crippen LogP contribution >= 0.6 is 23.2 Å². The van der Waals surface area contributed by atoms with Crippen molar-refractivity contribution in [2.45, 2.75) is 33.1 Å². The first kappa shape index (κ1) is 17.8. The van der Waals surface area contributed by atoms with Crippen LogP contribution in [0.4, 0.5) is 11.8 Å². The molecule has 0 saturated heterocycles. The number of halogens is 2. The molecule has 1 heterocycles. The van der Waals surface area contributed by atoms with Gasteiger partial charge in [0.1, 0.15) is 5.82 Å². The van der Waals surface area contributed by atoms with E-state index in [1.54, 1.807) is 6.07 Å². The summed E-state index contributed by atoms with van der Waals surface area (Å²) >= 11 is 12.1. The van der Waals surface area contributed by atoms with Gasteiger partial charge in [0, 0.05) is 34.9 Å². The molecule has 4 nitrogen and oxygen atoms in total. The van der Waals surface area contributed by atoms with Crippen LogP contribution in [0.2, 0.25) is 10.0 Å². The number of aromatic nitrogens is 2. The zero-order valence-electron chi connectivity index (χ0n) is 13.5. The Morgan fingerprint density at radius 3 is 2.61 bits per heavy atom. The number of aryl methyl sites for hydroxylation is 1. The fourth-order valence-corrected chi connectivity index (χ4v) is 2.67. The second-order valence-corrected chi connectivity index (χ2v) is 6.25. The Balaban J connectivity index is 1.92. The molecule has 0 amide bonds. The molecule has 0 aliphatic heterocycles. The third kappa shape index (κ3) is 5.88. The maximum absolute atomic E-state index is 6.18. The Kier molecular flexibility index (Phi) is 6.93. The van der Waals surface area contributed by atoms with Gasteiger partial charge in [-0.25, -0.2) is 4.98 Å². The van der Waals surface area contributed by atoms with Crippen molar-refractivity contribution in [1.29, 1.82) is 0 Å². The first-order valence-corrected chi connectivity index (χ1v) is 8.61. The molecule has 0 unspecified atom stereocenters. The molecule has 2 rings (SSSR count). The van der Waals surface area contributed by atoms with E-state index in [1.807, 2.05) is 25.1 Å². The van der Waals surface area contributed by atoms with E-state index in [0.717, 1.165) is 42.9 Å². The lowest BCUT2D eigenvalue weighted by Crippen LogP contribution is -2.11. The van der Waals surface area contributed by atoms with Crippen LogP contribution < -0.4 is 10.6 Å². The van der Waals surface area contributed by atoms with Crippen LogP contribution in [-0.2, 0) is 6.42 Å². The number of rotatable bonds is 8. The number of hydrogen-bond acceptors (Lipinski definition) is 4. The Morgan fingerprint density at radius 1 is 1.04 bits per heavy atom. The predicted octanol–water partition coefficient (Wildman–Crippen LogP) is 4.96. The minimum atomic E-state index is 0.633. The van der Waals surface area contributed by atoms with E-state index in [-0.39, 0.29) is 0 Å². The molecule has 124 valence electrons. The van der Waals surface area contributed by atoms with Gasteiger partial charge in [-0.3, -0.25) is 0 Å². The number of benzene rings is 1. The molecule has 23 heavy (non-hydrogen) atoms. The Morgan fingerprint density at radius 2 is 1.87 bits per heavy atom. The number of nitrogens with one attached hydrogen (secondary N) is 2. The van der Waals surface area contributed by atoms with Crippen LogP contribution in [0.5, 0.6) is 0 Å². The highest BCUT2D eigenvalue weighted by Crippen LogP contribution is 2.21. The van der Waals surface area contributed by atoms with Crippen LogP contribution in [0.1, 0.15) is 31.0 Å². The Hall–Kier alpha value is -1.52. The third-order valence-electron chi connectivity index (χ3n) is 3.38. The van der Waals surface area contributed by atoms with Gasteiger partial charge >= 0.3 is 0 Å². The van der Waals surface area contributed by atoms with Gasteiger partial charge in [-0.2, -0.15) is 4.98 Å². The zero-order valence-corrected chi connectivity index (χ0v) is 15.0. The molecule has 2 aromatic rings. The second-order valence-electron chi connectivity index (χ2n) is 5.41. The van der Waals surface area contributed by atoms with Crippen molar-refractivity contribution in [3.05, 3.63) is 45.6 Å². The number of unbranched alkanes of at least 4 members (excludes halogenated alkanes) is 1. The van der Waals surface area contributed by atoms with Crippen molar-refractivity contribution in [3.8, 4) is 0 Å². The van der Waals surface area contributed by atoms with Crippen molar-refractivity contribution in [3.63, 3.8) is 0 Å². The maximum atomic E-state index is 6.18. The van der Waals surface area contributed by atoms with Crippen LogP contribution in [-0.4, -0.2) is 23.1 Å². The van der Waals surface area contributed by atoms with Gasteiger partial charge in [0.2, 0.25) is 5.95 Å². The van der Waals surface area contributed by atoms with Gasteiger partial charge in [0.05, 0.1) is 0 Å². The third-order valence-corrected chi connectivity index (χ3v) is 3.97. The van der Waals surface area contributed by atoms with Crippen LogP contribution in [0.25, 0.3) is 0 Å². The molecule has 0 bridgehead atoms. The predicted molar refractivity (Wildman–Crippen MR) is 98.8 cm³/mol. The van der Waals surface area contributed by atoms with Crippen molar-refractivity contribution in [2.75, 3.05) is 23.7 Å². The summed E-state index contributed by atoms with van der Waals surface area (Å²) in [6, 6.07) is 7.51. The van der Waals surface area contributed by atoms with Crippen molar-refractivity contribution in [2.24, 2.45) is 0 Å². The molecular formula is C17H22Cl2N4. The highest BCUT2D eigenvalue weighted by molar-refractivity contribution is 6.35. The van der Waals surface area contributed by atoms with Crippen LogP contribution in [0.3, 0.4) is 0 Å². The number of nitrogens with zero attached hydrogens (tertiary/aromatic N) is 2. The second kappa shape index (κ2) is 8.94. The SMILES string of the molecule is CCCCNc1cc(C)nc(NCCc2ccc(Cl)cc2Cl)n1. The van der Waals surface area contributed by atoms with Crippen molar-refractivity contribution < 1.29 is 0 Å². The van der Waals surface area contributed by atoms with Crippen molar-refractivity contribution in [1.82, 2.24) is 9.97 Å². The van der Waals surface area contributed by atoms with Crippen LogP contribution in [0.15, 0.2) is 24.3 Å². The summed E-state index contributed by atoms with van der Waals surface area (Å²) in [6.45, 7) is 5.77. The highest BCUT2D eigenvalue weighted by atomic mass is 35.5. The van der Waals surface area contributed by atoms with E-state index in [1.165, 1.54) is 0 Å². The molecule has 1 aromatic heterocycles. The van der Waals surface area contributed by atoms with Gasteiger partial charge in [-0.1, -0.05) is 42.6 Å². The summed E-state index contributed by atoms with van der Waals surface area (Å²) in [5, 5.41) is 7.91. The van der Waals surface area contributed by atoms with E-state index in [4.69, 9.17) is 23.2 Å². The molecular weight excluding hydrogens is 331 g/mol. The summed E-state index contributed by atoms with van der Waals surface area (Å²) in [7, 11) is 0. The summed E-state index contributed by atoms with van der Waals surface area (Å²) in [5.74, 6) is 1.49. The largest absolute Gasteiger partial charge is 0.370 e. The smallest absolute Gasteiger partial charge is 0.224 e. The normalized spacial score (nSPS) is 10.6. The van der Waals surface area contributed by atoms with Gasteiger partial charge in [0.15, 0.2) is 0 Å². The highest BCUT2D eigenvalue weighted by Gasteiger charge is 2.04. The number of anilines is 2. The molecule has 0 aliphatic rings. The first-order valence-electron chi connectivity index (χ1n) is 7.86. The summed E-state index contributed by atoms with van der Waals surface area (Å²) in [5.41, 5.74) is 1.99. The van der Waals surface area contributed by atoms with Crippen molar-refractivity contribution >= 4 is 35.0 Å². The summed E-state index contributed by atoms with van der Waals surface area (Å²) in [6.07, 6.45) is 3.07. The Labute approximate surface area is 147 Å². The molecule has 6 heteroatoms. The van der Waals surface area contributed by atoms with E-state index in [2.05, 4.69) is 27.5 Å². The quantitative estimate of drug-likeness (QED) is 0.659. The van der Waals surface area contributed by atoms with Crippen LogP contribution in [0, 0.1) is 6.92 Å². The topological polar surface area (TPSA) is 49.8 Å². The monoisotopic (exact) mass is 352 g/mol. The van der Waals surface area contributed by atoms with Gasteiger partial charge < -0.3 is 10.6 Å². The lowest BCUT2D eigenvalue weighted by atomic mass is 10.1. The molecule has 0 aliphatic carbocycles. The van der Waals surface area contributed by atoms with Gasteiger partial charge in [0.25, 0.3) is 0 Å². The summed E-state index contributed by atoms with van der Waals surface area (Å²) in [4.78, 5) is 8.90. The van der Waals surface area contributed by atoms with Gasteiger partial charge in [-0.15, -0.1) is 0 Å². The maximum Gasteiger partial charge on any atom is 0.224 e. The fourth-order valence-electron chi connectivity index (χ4n) is 2.16. The minimum Gasteiger partial charge on any atom is -0.370 e. The van der Waals surface area contributed by atoms with E-state index in [9.17, 15) is 0 Å². The molecule has 0 atom stereocenters. The lowest BCUT2D eigenvalue weighted by Gasteiger charge is -2.10. The summed E-state index contributed by atoms with van der Waals surface area (Å²) < 4.78 is 0. The standard InChI is InChI=1S/C17H22Cl2N4/c1-3-4-8-20-16-10-12(2)22-17(23-16)21-9-7-13-5-6-14(18)11-15(13)19/h5-6,10-11H,3-4,7-9H2,1-2H3,(H2,20,21,22,23). The average Bonchev–Trinajstić information content (AvgIpc) is 2.49.